The highest BCUT2D eigenvalue weighted by Gasteiger charge is 2.20. The van der Waals surface area contributed by atoms with Gasteiger partial charge in [0.15, 0.2) is 0 Å². The molecule has 0 unspecified atom stereocenters. The molecule has 0 radical (unpaired) electrons. The zero-order valence-corrected chi connectivity index (χ0v) is 12.7. The van der Waals surface area contributed by atoms with Gasteiger partial charge in [-0.25, -0.2) is 0 Å². The van der Waals surface area contributed by atoms with Gasteiger partial charge in [-0.2, -0.15) is 11.8 Å². The molecule has 0 atom stereocenters. The molecule has 1 fully saturated rings. The molecule has 2 heterocycles. The Morgan fingerprint density at radius 1 is 1.26 bits per heavy atom. The number of pyridine rings is 1. The first-order chi connectivity index (χ1) is 9.27. The number of carbonyl (C=O) groups excluding carboxylic acids is 1. The van der Waals surface area contributed by atoms with Crippen molar-refractivity contribution in [1.82, 2.24) is 9.88 Å². The maximum Gasteiger partial charge on any atom is 0.254 e. The molecule has 3 rings (SSSR count). The molecule has 1 aliphatic heterocycles. The van der Waals surface area contributed by atoms with Crippen LogP contribution >= 0.6 is 27.7 Å². The average molecular weight is 337 g/mol. The Morgan fingerprint density at radius 3 is 2.84 bits per heavy atom. The number of amides is 1. The molecule has 1 amide bonds. The van der Waals surface area contributed by atoms with Crippen molar-refractivity contribution in [2.45, 2.75) is 0 Å². The first-order valence-corrected chi connectivity index (χ1v) is 8.12. The van der Waals surface area contributed by atoms with E-state index in [1.165, 1.54) is 0 Å². The summed E-state index contributed by atoms with van der Waals surface area (Å²) >= 11 is 5.39. The third-order valence-electron chi connectivity index (χ3n) is 3.25. The van der Waals surface area contributed by atoms with Gasteiger partial charge >= 0.3 is 0 Å². The fraction of sp³-hybridized carbons (Fsp3) is 0.286. The molecule has 3 nitrogen and oxygen atoms in total. The van der Waals surface area contributed by atoms with Gasteiger partial charge in [0, 0.05) is 40.7 Å². The van der Waals surface area contributed by atoms with Crippen LogP contribution in [0.3, 0.4) is 0 Å². The van der Waals surface area contributed by atoms with E-state index >= 15 is 0 Å². The van der Waals surface area contributed by atoms with Crippen LogP contribution in [0.4, 0.5) is 0 Å². The minimum absolute atomic E-state index is 0.116. The van der Waals surface area contributed by atoms with E-state index in [-0.39, 0.29) is 5.91 Å². The van der Waals surface area contributed by atoms with Crippen LogP contribution in [0.15, 0.2) is 34.9 Å². The molecule has 0 bridgehead atoms. The maximum absolute atomic E-state index is 12.6. The number of rotatable bonds is 1. The Morgan fingerprint density at radius 2 is 2.05 bits per heavy atom. The van der Waals surface area contributed by atoms with Crippen LogP contribution in [0.2, 0.25) is 0 Å². The molecule has 0 aliphatic carbocycles. The van der Waals surface area contributed by atoms with Crippen molar-refractivity contribution in [3.63, 3.8) is 0 Å². The topological polar surface area (TPSA) is 33.2 Å². The van der Waals surface area contributed by atoms with Crippen LogP contribution in [0, 0.1) is 0 Å². The molecule has 98 valence electrons. The SMILES string of the molecule is O=C(c1ccnc2c(Br)cccc12)N1CCSCC1. The molecule has 19 heavy (non-hydrogen) atoms. The summed E-state index contributed by atoms with van der Waals surface area (Å²) in [5.74, 6) is 2.17. The van der Waals surface area contributed by atoms with Crippen LogP contribution in [0.1, 0.15) is 10.4 Å². The number of aromatic nitrogens is 1. The monoisotopic (exact) mass is 336 g/mol. The van der Waals surface area contributed by atoms with E-state index in [1.807, 2.05) is 40.9 Å². The number of hydrogen-bond acceptors (Lipinski definition) is 3. The summed E-state index contributed by atoms with van der Waals surface area (Å²) in [5.41, 5.74) is 1.60. The lowest BCUT2D eigenvalue weighted by Crippen LogP contribution is -2.38. The summed E-state index contributed by atoms with van der Waals surface area (Å²) in [4.78, 5) is 18.9. The van der Waals surface area contributed by atoms with E-state index in [9.17, 15) is 4.79 Å². The summed E-state index contributed by atoms with van der Waals surface area (Å²) in [5, 5.41) is 0.917. The van der Waals surface area contributed by atoms with Crippen LogP contribution in [-0.2, 0) is 0 Å². The highest BCUT2D eigenvalue weighted by Crippen LogP contribution is 2.25. The summed E-state index contributed by atoms with van der Waals surface area (Å²) in [6.07, 6.45) is 1.71. The number of carbonyl (C=O) groups is 1. The lowest BCUT2D eigenvalue weighted by molar-refractivity contribution is 0.0774. The number of thioether (sulfide) groups is 1. The van der Waals surface area contributed by atoms with Crippen molar-refractivity contribution in [2.24, 2.45) is 0 Å². The largest absolute Gasteiger partial charge is 0.337 e. The highest BCUT2D eigenvalue weighted by molar-refractivity contribution is 9.10. The molecule has 0 spiro atoms. The predicted molar refractivity (Wildman–Crippen MR) is 82.7 cm³/mol. The minimum atomic E-state index is 0.116. The van der Waals surface area contributed by atoms with E-state index in [4.69, 9.17) is 0 Å². The normalized spacial score (nSPS) is 15.7. The third-order valence-corrected chi connectivity index (χ3v) is 4.83. The summed E-state index contributed by atoms with van der Waals surface area (Å²) in [7, 11) is 0. The molecule has 1 aromatic heterocycles. The van der Waals surface area contributed by atoms with Crippen LogP contribution in [0.25, 0.3) is 10.9 Å². The van der Waals surface area contributed by atoms with Gasteiger partial charge in [0.1, 0.15) is 0 Å². The van der Waals surface area contributed by atoms with Crippen LogP contribution in [0.5, 0.6) is 0 Å². The van der Waals surface area contributed by atoms with Gasteiger partial charge in [0.25, 0.3) is 5.91 Å². The fourth-order valence-electron chi connectivity index (χ4n) is 2.26. The van der Waals surface area contributed by atoms with Crippen LogP contribution in [-0.4, -0.2) is 40.4 Å². The molecule has 0 saturated carbocycles. The van der Waals surface area contributed by atoms with Crippen molar-refractivity contribution in [2.75, 3.05) is 24.6 Å². The second-order valence-corrected chi connectivity index (χ2v) is 6.48. The lowest BCUT2D eigenvalue weighted by Gasteiger charge is -2.26. The quantitative estimate of drug-likeness (QED) is 0.801. The standard InChI is InChI=1S/C14H13BrN2OS/c15-12-3-1-2-10-11(4-5-16-13(10)12)14(18)17-6-8-19-9-7-17/h1-5H,6-9H2. The lowest BCUT2D eigenvalue weighted by atomic mass is 10.1. The van der Waals surface area contributed by atoms with E-state index in [0.29, 0.717) is 0 Å². The molecule has 5 heteroatoms. The first kappa shape index (κ1) is 12.9. The number of benzene rings is 1. The first-order valence-electron chi connectivity index (χ1n) is 6.17. The molecular weight excluding hydrogens is 324 g/mol. The van der Waals surface area contributed by atoms with Crippen molar-refractivity contribution in [3.8, 4) is 0 Å². The zero-order valence-electron chi connectivity index (χ0n) is 10.3. The Labute approximate surface area is 124 Å². The van der Waals surface area contributed by atoms with Crippen LogP contribution < -0.4 is 0 Å². The smallest absolute Gasteiger partial charge is 0.254 e. The Balaban J connectivity index is 2.04. The second kappa shape index (κ2) is 5.51. The number of nitrogens with zero attached hydrogens (tertiary/aromatic N) is 2. The van der Waals surface area contributed by atoms with Crippen molar-refractivity contribution in [1.29, 1.82) is 0 Å². The minimum Gasteiger partial charge on any atom is -0.337 e. The molecule has 2 aromatic rings. The Bertz CT molecular complexity index is 626. The van der Waals surface area contributed by atoms with E-state index in [1.54, 1.807) is 6.20 Å². The van der Waals surface area contributed by atoms with Gasteiger partial charge in [-0.15, -0.1) is 0 Å². The van der Waals surface area contributed by atoms with Crippen molar-refractivity contribution >= 4 is 44.5 Å². The van der Waals surface area contributed by atoms with Gasteiger partial charge < -0.3 is 4.90 Å². The van der Waals surface area contributed by atoms with Gasteiger partial charge in [0.05, 0.1) is 11.1 Å². The van der Waals surface area contributed by atoms with E-state index in [2.05, 4.69) is 20.9 Å². The van der Waals surface area contributed by atoms with Gasteiger partial charge in [-0.1, -0.05) is 12.1 Å². The van der Waals surface area contributed by atoms with E-state index in [0.717, 1.165) is 45.5 Å². The fourth-order valence-corrected chi connectivity index (χ4v) is 3.63. The highest BCUT2D eigenvalue weighted by atomic mass is 79.9. The zero-order chi connectivity index (χ0) is 13.2. The number of para-hydroxylation sites is 1. The summed E-state index contributed by atoms with van der Waals surface area (Å²) in [6, 6.07) is 7.66. The maximum atomic E-state index is 12.6. The predicted octanol–water partition coefficient (Wildman–Crippen LogP) is 3.19. The molecular formula is C14H13BrN2OS. The Kier molecular flexibility index (Phi) is 3.75. The molecule has 0 N–H and O–H groups in total. The third kappa shape index (κ3) is 2.49. The van der Waals surface area contributed by atoms with Crippen molar-refractivity contribution < 1.29 is 4.79 Å². The van der Waals surface area contributed by atoms with Gasteiger partial charge in [-0.05, 0) is 28.1 Å². The van der Waals surface area contributed by atoms with Gasteiger partial charge in [0.2, 0.25) is 0 Å². The average Bonchev–Trinajstić information content (AvgIpc) is 2.47. The molecule has 1 aromatic carbocycles. The van der Waals surface area contributed by atoms with Gasteiger partial charge in [-0.3, -0.25) is 9.78 Å². The summed E-state index contributed by atoms with van der Waals surface area (Å²) < 4.78 is 0.925. The van der Waals surface area contributed by atoms with Crippen molar-refractivity contribution in [3.05, 3.63) is 40.5 Å². The number of hydrogen-bond donors (Lipinski definition) is 0. The summed E-state index contributed by atoms with van der Waals surface area (Å²) in [6.45, 7) is 1.67. The number of halogens is 1. The Hall–Kier alpha value is -1.07. The van der Waals surface area contributed by atoms with E-state index < -0.39 is 0 Å². The molecule has 1 saturated heterocycles. The second-order valence-electron chi connectivity index (χ2n) is 4.40. The molecule has 1 aliphatic rings. The number of fused-ring (bicyclic) bond motifs is 1.